The van der Waals surface area contributed by atoms with Crippen molar-refractivity contribution in [1.29, 1.82) is 0 Å². The summed E-state index contributed by atoms with van der Waals surface area (Å²) in [6.45, 7) is 1.80. The lowest BCUT2D eigenvalue weighted by Crippen LogP contribution is -1.94. The van der Waals surface area contributed by atoms with Crippen LogP contribution in [-0.2, 0) is 6.42 Å². The molecule has 0 saturated heterocycles. The van der Waals surface area contributed by atoms with Crippen LogP contribution in [-0.4, -0.2) is 11.2 Å². The quantitative estimate of drug-likeness (QED) is 0.693. The van der Waals surface area contributed by atoms with E-state index in [1.807, 2.05) is 6.08 Å². The highest BCUT2D eigenvalue weighted by atomic mass is 16.3. The van der Waals surface area contributed by atoms with Crippen LogP contribution in [0.15, 0.2) is 30.3 Å². The molecule has 0 aliphatic heterocycles. The van der Waals surface area contributed by atoms with E-state index in [4.69, 9.17) is 0 Å². The molecule has 13 heavy (non-hydrogen) atoms. The molecule has 1 heteroatoms. The standard InChI is InChI=1S/C12H14O/c1-9(13)8-11-7-6-10-4-2-3-5-12(10)11/h2-5,8-9,13H,6-7H2,1H3/b11-8-. The van der Waals surface area contributed by atoms with Gasteiger partial charge in [-0.2, -0.15) is 0 Å². The summed E-state index contributed by atoms with van der Waals surface area (Å²) in [6.07, 6.45) is 3.81. The van der Waals surface area contributed by atoms with Crippen molar-refractivity contribution in [1.82, 2.24) is 0 Å². The molecule has 1 atom stereocenters. The molecule has 0 saturated carbocycles. The maximum absolute atomic E-state index is 9.26. The highest BCUT2D eigenvalue weighted by molar-refractivity contribution is 5.72. The largest absolute Gasteiger partial charge is 0.389 e. The minimum Gasteiger partial charge on any atom is -0.389 e. The van der Waals surface area contributed by atoms with E-state index in [2.05, 4.69) is 24.3 Å². The monoisotopic (exact) mass is 174 g/mol. The zero-order valence-corrected chi connectivity index (χ0v) is 7.83. The van der Waals surface area contributed by atoms with Crippen molar-refractivity contribution >= 4 is 5.57 Å². The van der Waals surface area contributed by atoms with Gasteiger partial charge in [-0.15, -0.1) is 0 Å². The van der Waals surface area contributed by atoms with Crippen LogP contribution in [0.2, 0.25) is 0 Å². The second-order valence-electron chi connectivity index (χ2n) is 3.59. The number of hydrogen-bond acceptors (Lipinski definition) is 1. The van der Waals surface area contributed by atoms with Crippen molar-refractivity contribution < 1.29 is 5.11 Å². The zero-order valence-electron chi connectivity index (χ0n) is 7.83. The molecule has 2 rings (SSSR count). The Kier molecular flexibility index (Phi) is 2.19. The van der Waals surface area contributed by atoms with Crippen LogP contribution in [0.25, 0.3) is 5.57 Å². The van der Waals surface area contributed by atoms with Crippen LogP contribution in [0.4, 0.5) is 0 Å². The van der Waals surface area contributed by atoms with E-state index in [9.17, 15) is 5.11 Å². The topological polar surface area (TPSA) is 20.2 Å². The van der Waals surface area contributed by atoms with Crippen LogP contribution in [0, 0.1) is 0 Å². The predicted octanol–water partition coefficient (Wildman–Crippen LogP) is 2.40. The van der Waals surface area contributed by atoms with Crippen LogP contribution in [0.1, 0.15) is 24.5 Å². The summed E-state index contributed by atoms with van der Waals surface area (Å²) in [5.74, 6) is 0. The maximum Gasteiger partial charge on any atom is 0.0698 e. The second-order valence-corrected chi connectivity index (χ2v) is 3.59. The molecule has 1 unspecified atom stereocenters. The van der Waals surface area contributed by atoms with Gasteiger partial charge in [-0.25, -0.2) is 0 Å². The Morgan fingerprint density at radius 2 is 2.08 bits per heavy atom. The Balaban J connectivity index is 2.38. The van der Waals surface area contributed by atoms with Gasteiger partial charge >= 0.3 is 0 Å². The lowest BCUT2D eigenvalue weighted by atomic mass is 10.1. The van der Waals surface area contributed by atoms with Crippen molar-refractivity contribution in [3.05, 3.63) is 41.5 Å². The molecular formula is C12H14O. The summed E-state index contributed by atoms with van der Waals surface area (Å²) in [5.41, 5.74) is 4.03. The summed E-state index contributed by atoms with van der Waals surface area (Å²) in [7, 11) is 0. The van der Waals surface area contributed by atoms with Gasteiger partial charge in [0.15, 0.2) is 0 Å². The number of aliphatic hydroxyl groups is 1. The molecule has 1 aliphatic rings. The number of aryl methyl sites for hydroxylation is 1. The van der Waals surface area contributed by atoms with Gasteiger partial charge in [0.05, 0.1) is 6.10 Å². The molecule has 0 fully saturated rings. The molecule has 68 valence electrons. The summed E-state index contributed by atoms with van der Waals surface area (Å²) in [4.78, 5) is 0. The maximum atomic E-state index is 9.26. The highest BCUT2D eigenvalue weighted by Gasteiger charge is 2.14. The molecule has 0 radical (unpaired) electrons. The molecule has 0 bridgehead atoms. The van der Waals surface area contributed by atoms with Crippen molar-refractivity contribution in [2.75, 3.05) is 0 Å². The average Bonchev–Trinajstić information content (AvgIpc) is 2.48. The number of benzene rings is 1. The molecule has 0 heterocycles. The third-order valence-corrected chi connectivity index (χ3v) is 2.47. The summed E-state index contributed by atoms with van der Waals surface area (Å²) < 4.78 is 0. The van der Waals surface area contributed by atoms with Crippen LogP contribution in [0.3, 0.4) is 0 Å². The van der Waals surface area contributed by atoms with Crippen molar-refractivity contribution in [2.24, 2.45) is 0 Å². The lowest BCUT2D eigenvalue weighted by Gasteiger charge is -2.01. The van der Waals surface area contributed by atoms with Gasteiger partial charge in [-0.1, -0.05) is 30.3 Å². The van der Waals surface area contributed by atoms with Crippen LogP contribution in [0.5, 0.6) is 0 Å². The van der Waals surface area contributed by atoms with Crippen LogP contribution >= 0.6 is 0 Å². The summed E-state index contributed by atoms with van der Waals surface area (Å²) in [6, 6.07) is 8.43. The van der Waals surface area contributed by atoms with Gasteiger partial charge in [0, 0.05) is 0 Å². The predicted molar refractivity (Wildman–Crippen MR) is 54.4 cm³/mol. The van der Waals surface area contributed by atoms with Gasteiger partial charge < -0.3 is 5.11 Å². The van der Waals surface area contributed by atoms with Gasteiger partial charge in [0.1, 0.15) is 0 Å². The zero-order chi connectivity index (χ0) is 9.26. The molecule has 0 spiro atoms. The third-order valence-electron chi connectivity index (χ3n) is 2.47. The Labute approximate surface area is 78.7 Å². The number of allylic oxidation sites excluding steroid dienone is 1. The first kappa shape index (κ1) is 8.52. The molecule has 1 aliphatic carbocycles. The first-order valence-corrected chi connectivity index (χ1v) is 4.74. The molecule has 1 N–H and O–H groups in total. The smallest absolute Gasteiger partial charge is 0.0698 e. The van der Waals surface area contributed by atoms with E-state index in [0.29, 0.717) is 0 Å². The van der Waals surface area contributed by atoms with Gasteiger partial charge in [-0.3, -0.25) is 0 Å². The van der Waals surface area contributed by atoms with Crippen molar-refractivity contribution in [3.63, 3.8) is 0 Å². The molecule has 0 aromatic heterocycles. The third kappa shape index (κ3) is 1.65. The number of fused-ring (bicyclic) bond motifs is 1. The summed E-state index contributed by atoms with van der Waals surface area (Å²) in [5, 5.41) is 9.26. The fourth-order valence-corrected chi connectivity index (χ4v) is 1.92. The number of aliphatic hydroxyl groups excluding tert-OH is 1. The second kappa shape index (κ2) is 3.35. The SMILES string of the molecule is CC(O)/C=C1/CCc2ccccc21. The lowest BCUT2D eigenvalue weighted by molar-refractivity contribution is 0.244. The Morgan fingerprint density at radius 1 is 1.31 bits per heavy atom. The van der Waals surface area contributed by atoms with Gasteiger partial charge in [0.25, 0.3) is 0 Å². The Bertz CT molecular complexity index is 337. The first-order valence-electron chi connectivity index (χ1n) is 4.74. The Morgan fingerprint density at radius 3 is 2.85 bits per heavy atom. The minimum atomic E-state index is -0.332. The van der Waals surface area contributed by atoms with E-state index in [0.717, 1.165) is 12.8 Å². The average molecular weight is 174 g/mol. The van der Waals surface area contributed by atoms with Gasteiger partial charge in [0.2, 0.25) is 0 Å². The highest BCUT2D eigenvalue weighted by Crippen LogP contribution is 2.31. The number of rotatable bonds is 1. The molecule has 1 nitrogen and oxygen atoms in total. The van der Waals surface area contributed by atoms with E-state index in [1.165, 1.54) is 16.7 Å². The number of hydrogen-bond donors (Lipinski definition) is 1. The van der Waals surface area contributed by atoms with E-state index < -0.39 is 0 Å². The van der Waals surface area contributed by atoms with E-state index >= 15 is 0 Å². The summed E-state index contributed by atoms with van der Waals surface area (Å²) >= 11 is 0. The molecule has 1 aromatic rings. The molecule has 0 amide bonds. The molecule has 1 aromatic carbocycles. The first-order chi connectivity index (χ1) is 6.27. The molecular weight excluding hydrogens is 160 g/mol. The fourth-order valence-electron chi connectivity index (χ4n) is 1.92. The van der Waals surface area contributed by atoms with E-state index in [1.54, 1.807) is 6.92 Å². The Hall–Kier alpha value is -1.08. The minimum absolute atomic E-state index is 0.332. The van der Waals surface area contributed by atoms with Gasteiger partial charge in [-0.05, 0) is 36.5 Å². The normalized spacial score (nSPS) is 20.3. The van der Waals surface area contributed by atoms with Crippen LogP contribution < -0.4 is 0 Å². The van der Waals surface area contributed by atoms with Crippen molar-refractivity contribution in [2.45, 2.75) is 25.9 Å². The fraction of sp³-hybridized carbons (Fsp3) is 0.333. The van der Waals surface area contributed by atoms with E-state index in [-0.39, 0.29) is 6.10 Å². The van der Waals surface area contributed by atoms with Crippen molar-refractivity contribution in [3.8, 4) is 0 Å².